The van der Waals surface area contributed by atoms with Gasteiger partial charge in [-0.15, -0.1) is 0 Å². The van der Waals surface area contributed by atoms with E-state index in [1.54, 1.807) is 6.07 Å². The Hall–Kier alpha value is -3.49. The van der Waals surface area contributed by atoms with E-state index in [0.717, 1.165) is 12.0 Å². The lowest BCUT2D eigenvalue weighted by Gasteiger charge is -2.31. The number of sulfonamides is 1. The first kappa shape index (κ1) is 34.8. The number of nitrogens with one attached hydrogen (secondary N) is 2. The number of amides is 1. The highest BCUT2D eigenvalue weighted by atomic mass is 32.2. The fraction of sp³-hybridized carbons (Fsp3) is 0.529. The van der Waals surface area contributed by atoms with Crippen LogP contribution in [0, 0.1) is 11.8 Å². The van der Waals surface area contributed by atoms with Crippen LogP contribution in [-0.2, 0) is 30.7 Å². The quantitative estimate of drug-likeness (QED) is 0.209. The summed E-state index contributed by atoms with van der Waals surface area (Å²) in [7, 11) is -4.14. The van der Waals surface area contributed by atoms with Gasteiger partial charge in [0.25, 0.3) is 0 Å². The van der Waals surface area contributed by atoms with Crippen molar-refractivity contribution in [3.8, 4) is 5.88 Å². The molecule has 0 spiro atoms. The molecule has 13 heteroatoms. The lowest BCUT2D eigenvalue weighted by molar-refractivity contribution is -0.0907. The number of carbonyl (C=O) groups excluding carboxylic acids is 1. The number of hydrogen-bond acceptors (Lipinski definition) is 9. The first-order chi connectivity index (χ1) is 22.2. The molecule has 0 saturated carbocycles. The van der Waals surface area contributed by atoms with E-state index in [-0.39, 0.29) is 55.0 Å². The van der Waals surface area contributed by atoms with Crippen LogP contribution in [0.15, 0.2) is 58.4 Å². The van der Waals surface area contributed by atoms with Gasteiger partial charge in [-0.05, 0) is 63.3 Å². The van der Waals surface area contributed by atoms with E-state index in [4.69, 9.17) is 14.2 Å². The summed E-state index contributed by atoms with van der Waals surface area (Å²) in [6.45, 7) is 10.2. The summed E-state index contributed by atoms with van der Waals surface area (Å²) in [5.41, 5.74) is 1.39. The highest BCUT2D eigenvalue weighted by Crippen LogP contribution is 2.33. The number of aliphatic hydroxyl groups is 1. The smallest absolute Gasteiger partial charge is 0.407 e. The third-order valence-electron chi connectivity index (χ3n) is 8.28. The standard InChI is InChI=1S/C34H46N4O8S/c1-21(2)18-38(47(42,43)23-11-12-27-25(16-23)26(31(40)36-27)17-35-34(3,4)5)19-29(39)28(15-22-9-7-6-8-10-22)37-33(41)46-30-20-45-32-24(30)13-14-44-32/h6-12,16-17,21,24,28-30,32,36,39-40H,13-15,18-20H2,1-5H3,(H,37,41). The predicted molar refractivity (Wildman–Crippen MR) is 178 cm³/mol. The molecule has 3 aromatic rings. The molecule has 2 aliphatic heterocycles. The van der Waals surface area contributed by atoms with Gasteiger partial charge in [0.1, 0.15) is 6.10 Å². The number of aromatic hydroxyl groups is 1. The summed E-state index contributed by atoms with van der Waals surface area (Å²) >= 11 is 0. The van der Waals surface area contributed by atoms with Gasteiger partial charge in [-0.25, -0.2) is 13.2 Å². The fourth-order valence-corrected chi connectivity index (χ4v) is 7.56. The first-order valence-electron chi connectivity index (χ1n) is 16.0. The van der Waals surface area contributed by atoms with Crippen LogP contribution in [0.25, 0.3) is 10.9 Å². The zero-order chi connectivity index (χ0) is 33.9. The molecule has 2 aliphatic rings. The molecular formula is C34H46N4O8S. The van der Waals surface area contributed by atoms with Crippen molar-refractivity contribution in [3.63, 3.8) is 0 Å². The van der Waals surface area contributed by atoms with Crippen molar-refractivity contribution in [1.29, 1.82) is 0 Å². The van der Waals surface area contributed by atoms with Gasteiger partial charge in [0.05, 0.1) is 47.3 Å². The number of ether oxygens (including phenoxy) is 3. The maximum Gasteiger partial charge on any atom is 0.407 e. The average molecular weight is 671 g/mol. The van der Waals surface area contributed by atoms with E-state index in [2.05, 4.69) is 15.3 Å². The van der Waals surface area contributed by atoms with Gasteiger partial charge in [0, 0.05) is 30.2 Å². The van der Waals surface area contributed by atoms with E-state index in [1.807, 2.05) is 65.0 Å². The second-order valence-electron chi connectivity index (χ2n) is 13.7. The molecule has 1 amide bonds. The summed E-state index contributed by atoms with van der Waals surface area (Å²) in [4.78, 5) is 20.5. The number of alkyl carbamates (subject to hydrolysis) is 1. The molecule has 1 aromatic heterocycles. The van der Waals surface area contributed by atoms with Crippen LogP contribution >= 0.6 is 0 Å². The number of nitrogens with zero attached hydrogens (tertiary/aromatic N) is 2. The monoisotopic (exact) mass is 670 g/mol. The molecule has 5 unspecified atom stereocenters. The lowest BCUT2D eigenvalue weighted by atomic mass is 10.0. The average Bonchev–Trinajstić information content (AvgIpc) is 3.70. The van der Waals surface area contributed by atoms with E-state index >= 15 is 0 Å². The number of aromatic nitrogens is 1. The third kappa shape index (κ3) is 8.52. The number of aliphatic imine (C=N–C) groups is 1. The van der Waals surface area contributed by atoms with Crippen LogP contribution in [0.2, 0.25) is 0 Å². The molecule has 0 bridgehead atoms. The lowest BCUT2D eigenvalue weighted by Crippen LogP contribution is -2.51. The second kappa shape index (κ2) is 14.3. The summed E-state index contributed by atoms with van der Waals surface area (Å²) in [5.74, 6) is -0.232. The Bertz CT molecular complexity index is 1670. The van der Waals surface area contributed by atoms with Crippen molar-refractivity contribution in [1.82, 2.24) is 14.6 Å². The van der Waals surface area contributed by atoms with Crippen molar-refractivity contribution in [3.05, 3.63) is 59.7 Å². The number of carbonyl (C=O) groups is 1. The molecule has 5 rings (SSSR count). The highest BCUT2D eigenvalue weighted by molar-refractivity contribution is 7.89. The van der Waals surface area contributed by atoms with Crippen molar-refractivity contribution in [2.75, 3.05) is 26.3 Å². The topological polar surface area (TPSA) is 163 Å². The third-order valence-corrected chi connectivity index (χ3v) is 10.1. The highest BCUT2D eigenvalue weighted by Gasteiger charge is 2.44. The predicted octanol–water partition coefficient (Wildman–Crippen LogP) is 4.20. The molecule has 2 aromatic carbocycles. The minimum Gasteiger partial charge on any atom is -0.494 e. The number of aliphatic hydroxyl groups excluding tert-OH is 1. The van der Waals surface area contributed by atoms with Crippen LogP contribution in [0.4, 0.5) is 4.79 Å². The molecule has 4 N–H and O–H groups in total. The zero-order valence-corrected chi connectivity index (χ0v) is 28.4. The number of H-pyrrole nitrogens is 1. The summed E-state index contributed by atoms with van der Waals surface area (Å²) in [6.07, 6.45) is -0.356. The van der Waals surface area contributed by atoms with E-state index in [9.17, 15) is 23.4 Å². The van der Waals surface area contributed by atoms with E-state index in [1.165, 1.54) is 22.7 Å². The SMILES string of the molecule is CC(C)CN(CC(O)C(Cc1ccccc1)NC(=O)OC1COC2OCCC12)S(=O)(=O)c1ccc2[nH]c(O)c(C=NC(C)(C)C)c2c1. The number of hydrogen-bond donors (Lipinski definition) is 4. The summed E-state index contributed by atoms with van der Waals surface area (Å²) < 4.78 is 46.5. The Morgan fingerprint density at radius 3 is 2.62 bits per heavy atom. The van der Waals surface area contributed by atoms with Gasteiger partial charge in [-0.3, -0.25) is 4.99 Å². The van der Waals surface area contributed by atoms with Crippen LogP contribution in [0.5, 0.6) is 5.88 Å². The van der Waals surface area contributed by atoms with Crippen LogP contribution in [-0.4, -0.2) is 96.6 Å². The Morgan fingerprint density at radius 1 is 1.17 bits per heavy atom. The number of aromatic amines is 1. The van der Waals surface area contributed by atoms with Crippen LogP contribution in [0.1, 0.15) is 52.2 Å². The molecule has 3 heterocycles. The molecule has 2 fully saturated rings. The minimum absolute atomic E-state index is 0.00353. The number of benzene rings is 2. The maximum atomic E-state index is 14.2. The molecule has 2 saturated heterocycles. The van der Waals surface area contributed by atoms with Crippen molar-refractivity contribution < 1.29 is 37.6 Å². The van der Waals surface area contributed by atoms with Gasteiger partial charge < -0.3 is 34.7 Å². The van der Waals surface area contributed by atoms with E-state index in [0.29, 0.717) is 23.1 Å². The summed E-state index contributed by atoms with van der Waals surface area (Å²) in [5, 5.41) is 25.5. The van der Waals surface area contributed by atoms with E-state index < -0.39 is 39.9 Å². The van der Waals surface area contributed by atoms with Crippen LogP contribution in [0.3, 0.4) is 0 Å². The Morgan fingerprint density at radius 2 is 1.91 bits per heavy atom. The number of rotatable bonds is 12. The normalized spacial score (nSPS) is 21.5. The molecule has 256 valence electrons. The van der Waals surface area contributed by atoms with Crippen molar-refractivity contribution in [2.24, 2.45) is 16.8 Å². The van der Waals surface area contributed by atoms with Gasteiger partial charge in [-0.1, -0.05) is 44.2 Å². The van der Waals surface area contributed by atoms with Gasteiger partial charge >= 0.3 is 6.09 Å². The Labute approximate surface area is 276 Å². The van der Waals surface area contributed by atoms with Crippen molar-refractivity contribution >= 4 is 33.2 Å². The second-order valence-corrected chi connectivity index (χ2v) is 15.7. The maximum absolute atomic E-state index is 14.2. The van der Waals surface area contributed by atoms with Gasteiger partial charge in [-0.2, -0.15) is 4.31 Å². The molecule has 0 radical (unpaired) electrons. The molecule has 12 nitrogen and oxygen atoms in total. The number of fused-ring (bicyclic) bond motifs is 2. The fourth-order valence-electron chi connectivity index (χ4n) is 5.91. The molecule has 47 heavy (non-hydrogen) atoms. The summed E-state index contributed by atoms with van der Waals surface area (Å²) in [6, 6.07) is 13.1. The Kier molecular flexibility index (Phi) is 10.6. The first-order valence-corrected chi connectivity index (χ1v) is 17.5. The Balaban J connectivity index is 1.39. The van der Waals surface area contributed by atoms with Crippen molar-refractivity contribution in [2.45, 2.75) is 82.4 Å². The molecule has 5 atom stereocenters. The zero-order valence-electron chi connectivity index (χ0n) is 27.5. The largest absolute Gasteiger partial charge is 0.494 e. The van der Waals surface area contributed by atoms with Gasteiger partial charge in [0.2, 0.25) is 10.0 Å². The van der Waals surface area contributed by atoms with Crippen LogP contribution < -0.4 is 5.32 Å². The molecule has 0 aliphatic carbocycles. The van der Waals surface area contributed by atoms with Gasteiger partial charge in [0.15, 0.2) is 12.2 Å². The minimum atomic E-state index is -4.14. The molecular weight excluding hydrogens is 624 g/mol.